The maximum absolute atomic E-state index is 13.6. The number of benzene rings is 1. The summed E-state index contributed by atoms with van der Waals surface area (Å²) in [5.41, 5.74) is 1.68. The Morgan fingerprint density at radius 2 is 1.96 bits per heavy atom. The number of urea groups is 1. The van der Waals surface area contributed by atoms with Crippen molar-refractivity contribution in [3.8, 4) is 0 Å². The molecule has 1 saturated carbocycles. The number of nitrogens with zero attached hydrogens (tertiary/aromatic N) is 1. The van der Waals surface area contributed by atoms with Gasteiger partial charge in [-0.15, -0.1) is 0 Å². The van der Waals surface area contributed by atoms with Crippen LogP contribution in [-0.4, -0.2) is 34.8 Å². The fourth-order valence-electron chi connectivity index (χ4n) is 3.30. The molecule has 26 heavy (non-hydrogen) atoms. The van der Waals surface area contributed by atoms with Gasteiger partial charge < -0.3 is 15.7 Å². The second-order valence-corrected chi connectivity index (χ2v) is 6.79. The zero-order valence-corrected chi connectivity index (χ0v) is 14.6. The highest BCUT2D eigenvalue weighted by molar-refractivity contribution is 5.74. The molecule has 1 aliphatic carbocycles. The Bertz CT molecular complexity index is 720. The molecule has 2 aromatic rings. The SMILES string of the molecule is O=C(NCCc1ccccc1F)N[C@@H](Cc1ccncc1)C1CC(O)C1. The molecule has 1 heterocycles. The lowest BCUT2D eigenvalue weighted by molar-refractivity contribution is 0.0263. The van der Waals surface area contributed by atoms with E-state index in [-0.39, 0.29) is 29.9 Å². The van der Waals surface area contributed by atoms with Crippen LogP contribution >= 0.6 is 0 Å². The lowest BCUT2D eigenvalue weighted by Crippen LogP contribution is -2.51. The lowest BCUT2D eigenvalue weighted by atomic mass is 9.75. The predicted molar refractivity (Wildman–Crippen MR) is 97.1 cm³/mol. The predicted octanol–water partition coefficient (Wildman–Crippen LogP) is 2.44. The first-order valence-corrected chi connectivity index (χ1v) is 8.96. The molecule has 1 fully saturated rings. The van der Waals surface area contributed by atoms with Crippen molar-refractivity contribution in [2.45, 2.75) is 37.8 Å². The maximum atomic E-state index is 13.6. The van der Waals surface area contributed by atoms with Gasteiger partial charge >= 0.3 is 6.03 Å². The van der Waals surface area contributed by atoms with Crippen LogP contribution in [0.4, 0.5) is 9.18 Å². The zero-order valence-electron chi connectivity index (χ0n) is 14.6. The summed E-state index contributed by atoms with van der Waals surface area (Å²) < 4.78 is 13.6. The first kappa shape index (κ1) is 18.3. The second-order valence-electron chi connectivity index (χ2n) is 6.79. The highest BCUT2D eigenvalue weighted by Crippen LogP contribution is 2.31. The standard InChI is InChI=1S/C20H24FN3O2/c21-18-4-2-1-3-15(18)7-10-23-20(26)24-19(16-12-17(25)13-16)11-14-5-8-22-9-6-14/h1-6,8-9,16-17,19,25H,7,10-13H2,(H2,23,24,26)/t16?,17?,19-/m0/s1. The van der Waals surface area contributed by atoms with Crippen molar-refractivity contribution in [1.29, 1.82) is 0 Å². The van der Waals surface area contributed by atoms with Crippen LogP contribution in [0.5, 0.6) is 0 Å². The van der Waals surface area contributed by atoms with Crippen molar-refractivity contribution >= 4 is 6.03 Å². The van der Waals surface area contributed by atoms with Crippen molar-refractivity contribution in [1.82, 2.24) is 15.6 Å². The molecule has 0 radical (unpaired) electrons. The third kappa shape index (κ3) is 5.02. The first-order chi connectivity index (χ1) is 12.6. The molecule has 1 aliphatic rings. The normalized spacial score (nSPS) is 20.1. The van der Waals surface area contributed by atoms with E-state index in [9.17, 15) is 14.3 Å². The summed E-state index contributed by atoms with van der Waals surface area (Å²) in [6.45, 7) is 0.363. The number of rotatable bonds is 7. The Morgan fingerprint density at radius 3 is 2.65 bits per heavy atom. The van der Waals surface area contributed by atoms with Crippen LogP contribution in [0, 0.1) is 11.7 Å². The Morgan fingerprint density at radius 1 is 1.23 bits per heavy atom. The minimum absolute atomic E-state index is 0.0470. The van der Waals surface area contributed by atoms with Crippen molar-refractivity contribution in [3.63, 3.8) is 0 Å². The van der Waals surface area contributed by atoms with Gasteiger partial charge in [0, 0.05) is 25.0 Å². The number of aliphatic hydroxyl groups excluding tert-OH is 1. The molecule has 0 unspecified atom stereocenters. The van der Waals surface area contributed by atoms with Crippen molar-refractivity contribution in [2.75, 3.05) is 6.54 Å². The first-order valence-electron chi connectivity index (χ1n) is 8.96. The number of nitrogens with one attached hydrogen (secondary N) is 2. The maximum Gasteiger partial charge on any atom is 0.315 e. The van der Waals surface area contributed by atoms with Crippen LogP contribution in [-0.2, 0) is 12.8 Å². The van der Waals surface area contributed by atoms with E-state index in [4.69, 9.17) is 0 Å². The molecule has 0 aliphatic heterocycles. The van der Waals surface area contributed by atoms with E-state index in [2.05, 4.69) is 15.6 Å². The monoisotopic (exact) mass is 357 g/mol. The molecule has 1 aromatic carbocycles. The van der Waals surface area contributed by atoms with Gasteiger partial charge in [-0.1, -0.05) is 18.2 Å². The molecule has 0 bridgehead atoms. The summed E-state index contributed by atoms with van der Waals surface area (Å²) in [6, 6.07) is 10.1. The van der Waals surface area contributed by atoms with Gasteiger partial charge in [0.15, 0.2) is 0 Å². The van der Waals surface area contributed by atoms with E-state index in [1.54, 1.807) is 30.6 Å². The van der Waals surface area contributed by atoms with Crippen molar-refractivity contribution in [3.05, 3.63) is 65.7 Å². The molecule has 6 heteroatoms. The largest absolute Gasteiger partial charge is 0.393 e. The Hall–Kier alpha value is -2.47. The Balaban J connectivity index is 1.51. The molecular weight excluding hydrogens is 333 g/mol. The number of halogens is 1. The van der Waals surface area contributed by atoms with Crippen LogP contribution in [0.1, 0.15) is 24.0 Å². The molecule has 2 amide bonds. The minimum Gasteiger partial charge on any atom is -0.393 e. The number of hydrogen-bond acceptors (Lipinski definition) is 3. The molecule has 1 atom stereocenters. The van der Waals surface area contributed by atoms with Gasteiger partial charge in [-0.05, 0) is 60.9 Å². The van der Waals surface area contributed by atoms with E-state index in [1.807, 2.05) is 12.1 Å². The molecule has 138 valence electrons. The molecule has 0 saturated heterocycles. The molecule has 3 N–H and O–H groups in total. The van der Waals surface area contributed by atoms with Gasteiger partial charge in [-0.2, -0.15) is 0 Å². The topological polar surface area (TPSA) is 74.2 Å². The third-order valence-electron chi connectivity index (χ3n) is 4.88. The molecule has 1 aromatic heterocycles. The van der Waals surface area contributed by atoms with Gasteiger partial charge in [0.25, 0.3) is 0 Å². The van der Waals surface area contributed by atoms with Crippen LogP contribution in [0.3, 0.4) is 0 Å². The van der Waals surface area contributed by atoms with Gasteiger partial charge in [0.2, 0.25) is 0 Å². The summed E-state index contributed by atoms with van der Waals surface area (Å²) in [7, 11) is 0. The number of pyridine rings is 1. The highest BCUT2D eigenvalue weighted by atomic mass is 19.1. The lowest BCUT2D eigenvalue weighted by Gasteiger charge is -2.38. The van der Waals surface area contributed by atoms with Crippen molar-refractivity contribution < 1.29 is 14.3 Å². The van der Waals surface area contributed by atoms with Gasteiger partial charge in [-0.3, -0.25) is 4.98 Å². The van der Waals surface area contributed by atoms with Crippen LogP contribution in [0.15, 0.2) is 48.8 Å². The van der Waals surface area contributed by atoms with Crippen LogP contribution < -0.4 is 10.6 Å². The van der Waals surface area contributed by atoms with Crippen LogP contribution in [0.2, 0.25) is 0 Å². The number of hydrogen-bond donors (Lipinski definition) is 3. The van der Waals surface area contributed by atoms with E-state index < -0.39 is 0 Å². The van der Waals surface area contributed by atoms with E-state index in [0.29, 0.717) is 37.8 Å². The number of carbonyl (C=O) groups excluding carboxylic acids is 1. The van der Waals surface area contributed by atoms with Crippen molar-refractivity contribution in [2.24, 2.45) is 5.92 Å². The Labute approximate surface area is 152 Å². The highest BCUT2D eigenvalue weighted by Gasteiger charge is 2.34. The number of aromatic nitrogens is 1. The fraction of sp³-hybridized carbons (Fsp3) is 0.400. The zero-order chi connectivity index (χ0) is 18.4. The van der Waals surface area contributed by atoms with E-state index >= 15 is 0 Å². The van der Waals surface area contributed by atoms with E-state index in [1.165, 1.54) is 6.07 Å². The third-order valence-corrected chi connectivity index (χ3v) is 4.88. The van der Waals surface area contributed by atoms with Gasteiger partial charge in [-0.25, -0.2) is 9.18 Å². The summed E-state index contributed by atoms with van der Waals surface area (Å²) >= 11 is 0. The number of amides is 2. The minimum atomic E-state index is -0.272. The molecular formula is C20H24FN3O2. The van der Waals surface area contributed by atoms with Gasteiger partial charge in [0.05, 0.1) is 6.10 Å². The summed E-state index contributed by atoms with van der Waals surface area (Å²) in [5, 5.41) is 15.4. The smallest absolute Gasteiger partial charge is 0.315 e. The molecule has 0 spiro atoms. The summed E-state index contributed by atoms with van der Waals surface area (Å²) in [5.74, 6) is 0.00390. The average Bonchev–Trinajstić information content (AvgIpc) is 2.61. The molecule has 3 rings (SSSR count). The fourth-order valence-corrected chi connectivity index (χ4v) is 3.30. The number of carbonyl (C=O) groups is 1. The Kier molecular flexibility index (Phi) is 6.17. The quantitative estimate of drug-likeness (QED) is 0.713. The van der Waals surface area contributed by atoms with E-state index in [0.717, 1.165) is 5.56 Å². The van der Waals surface area contributed by atoms with Crippen LogP contribution in [0.25, 0.3) is 0 Å². The average molecular weight is 357 g/mol. The second kappa shape index (κ2) is 8.76. The summed E-state index contributed by atoms with van der Waals surface area (Å²) in [4.78, 5) is 16.3. The molecule has 5 nitrogen and oxygen atoms in total. The van der Waals surface area contributed by atoms with Gasteiger partial charge in [0.1, 0.15) is 5.82 Å². The summed E-state index contributed by atoms with van der Waals surface area (Å²) in [6.07, 6.45) is 5.73. The number of aliphatic hydroxyl groups is 1.